The molecule has 0 aromatic heterocycles. The van der Waals surface area contributed by atoms with Crippen LogP contribution in [0.3, 0.4) is 0 Å². The third-order valence-electron chi connectivity index (χ3n) is 1.47. The van der Waals surface area contributed by atoms with Gasteiger partial charge in [0, 0.05) is 12.1 Å². The van der Waals surface area contributed by atoms with Crippen LogP contribution in [0, 0.1) is 5.41 Å². The molecule has 0 aliphatic heterocycles. The minimum Gasteiger partial charge on any atom is -0.489 e. The molecule has 0 bridgehead atoms. The second-order valence-electron chi connectivity index (χ2n) is 2.48. The van der Waals surface area contributed by atoms with Gasteiger partial charge in [-0.2, -0.15) is 0 Å². The van der Waals surface area contributed by atoms with E-state index in [0.717, 1.165) is 0 Å². The van der Waals surface area contributed by atoms with Crippen LogP contribution in [-0.4, -0.2) is 24.0 Å². The molecule has 4 heteroatoms. The average molecular weight is 168 g/mol. The fraction of sp³-hybridized carbons (Fsp3) is 0.375. The maximum absolute atomic E-state index is 8.47. The number of hydrogen-bond donors (Lipinski definition) is 3. The molecule has 0 saturated heterocycles. The maximum atomic E-state index is 8.47. The predicted octanol–water partition coefficient (Wildman–Crippen LogP) is 0.145. The smallest absolute Gasteiger partial charge is 0.140 e. The number of rotatable bonds is 3. The van der Waals surface area contributed by atoms with E-state index in [2.05, 4.69) is 0 Å². The summed E-state index contributed by atoms with van der Waals surface area (Å²) < 4.78 is 5.08. The number of aliphatic hydroxyl groups is 1. The van der Waals surface area contributed by atoms with Gasteiger partial charge in [-0.25, -0.2) is 0 Å². The lowest BCUT2D eigenvalue weighted by Crippen LogP contribution is -2.13. The van der Waals surface area contributed by atoms with Crippen LogP contribution in [0.5, 0.6) is 0 Å². The van der Waals surface area contributed by atoms with Crippen molar-refractivity contribution in [3.63, 3.8) is 0 Å². The van der Waals surface area contributed by atoms with E-state index in [1.807, 2.05) is 0 Å². The van der Waals surface area contributed by atoms with Crippen molar-refractivity contribution >= 4 is 5.71 Å². The summed E-state index contributed by atoms with van der Waals surface area (Å²) in [6, 6.07) is 0. The second-order valence-corrected chi connectivity index (χ2v) is 2.48. The zero-order valence-corrected chi connectivity index (χ0v) is 6.71. The molecule has 66 valence electrons. The fourth-order valence-corrected chi connectivity index (χ4v) is 0.928. The molecule has 12 heavy (non-hydrogen) atoms. The van der Waals surface area contributed by atoms with Crippen molar-refractivity contribution in [2.24, 2.45) is 5.73 Å². The number of ether oxygens (including phenoxy) is 1. The molecule has 1 aliphatic rings. The van der Waals surface area contributed by atoms with Gasteiger partial charge in [-0.1, -0.05) is 0 Å². The first kappa shape index (κ1) is 8.80. The van der Waals surface area contributed by atoms with E-state index in [1.165, 1.54) is 0 Å². The Hall–Kier alpha value is -1.29. The van der Waals surface area contributed by atoms with E-state index in [1.54, 1.807) is 12.2 Å². The van der Waals surface area contributed by atoms with Crippen molar-refractivity contribution < 1.29 is 9.84 Å². The summed E-state index contributed by atoms with van der Waals surface area (Å²) >= 11 is 0. The summed E-state index contributed by atoms with van der Waals surface area (Å²) in [6.07, 6.45) is 3.92. The predicted molar refractivity (Wildman–Crippen MR) is 45.7 cm³/mol. The van der Waals surface area contributed by atoms with Crippen LogP contribution in [-0.2, 0) is 4.74 Å². The third kappa shape index (κ3) is 2.10. The van der Waals surface area contributed by atoms with Crippen LogP contribution in [0.1, 0.15) is 6.42 Å². The Bertz CT molecular complexity index is 243. The molecule has 0 aromatic carbocycles. The Morgan fingerprint density at radius 1 is 1.67 bits per heavy atom. The number of allylic oxidation sites excluding steroid dienone is 2. The molecular weight excluding hydrogens is 156 g/mol. The molecule has 0 radical (unpaired) electrons. The highest BCUT2D eigenvalue weighted by Gasteiger charge is 2.09. The molecule has 0 saturated carbocycles. The maximum Gasteiger partial charge on any atom is 0.140 e. The quantitative estimate of drug-likeness (QED) is 0.561. The van der Waals surface area contributed by atoms with Crippen LogP contribution in [0.2, 0.25) is 0 Å². The number of aliphatic hydroxyl groups excluding tert-OH is 1. The zero-order chi connectivity index (χ0) is 8.97. The summed E-state index contributed by atoms with van der Waals surface area (Å²) in [5, 5.41) is 15.9. The van der Waals surface area contributed by atoms with Gasteiger partial charge in [0.1, 0.15) is 12.4 Å². The van der Waals surface area contributed by atoms with Crippen LogP contribution in [0.25, 0.3) is 0 Å². The van der Waals surface area contributed by atoms with E-state index in [4.69, 9.17) is 21.0 Å². The topological polar surface area (TPSA) is 79.3 Å². The monoisotopic (exact) mass is 168 g/mol. The van der Waals surface area contributed by atoms with Gasteiger partial charge in [-0.3, -0.25) is 5.41 Å². The highest BCUT2D eigenvalue weighted by molar-refractivity contribution is 6.05. The minimum atomic E-state index is -0.0379. The number of nitrogens with one attached hydrogen (secondary N) is 1. The minimum absolute atomic E-state index is 0.0379. The highest BCUT2D eigenvalue weighted by atomic mass is 16.5. The number of nitrogens with two attached hydrogens (primary N) is 1. The van der Waals surface area contributed by atoms with E-state index in [-0.39, 0.29) is 18.9 Å². The molecule has 1 rings (SSSR count). The molecule has 0 amide bonds. The fourth-order valence-electron chi connectivity index (χ4n) is 0.928. The molecule has 0 unspecified atom stereocenters. The van der Waals surface area contributed by atoms with Gasteiger partial charge >= 0.3 is 0 Å². The Kier molecular flexibility index (Phi) is 2.88. The lowest BCUT2D eigenvalue weighted by atomic mass is 10.1. The largest absolute Gasteiger partial charge is 0.489 e. The summed E-state index contributed by atoms with van der Waals surface area (Å²) in [6.45, 7) is 0.186. The summed E-state index contributed by atoms with van der Waals surface area (Å²) in [7, 11) is 0. The van der Waals surface area contributed by atoms with Gasteiger partial charge in [0.25, 0.3) is 0 Å². The first-order chi connectivity index (χ1) is 5.74. The van der Waals surface area contributed by atoms with Gasteiger partial charge in [-0.15, -0.1) is 0 Å². The lowest BCUT2D eigenvalue weighted by Gasteiger charge is -2.12. The SMILES string of the molecule is N=C1C=C(N)CC=C1OCCO. The Morgan fingerprint density at radius 2 is 2.42 bits per heavy atom. The second kappa shape index (κ2) is 3.92. The summed E-state index contributed by atoms with van der Waals surface area (Å²) in [5.74, 6) is 0.498. The van der Waals surface area contributed by atoms with Gasteiger partial charge in [0.2, 0.25) is 0 Å². The Morgan fingerprint density at radius 3 is 3.00 bits per heavy atom. The van der Waals surface area contributed by atoms with Crippen molar-refractivity contribution in [1.29, 1.82) is 5.41 Å². The van der Waals surface area contributed by atoms with Gasteiger partial charge in [0.15, 0.2) is 0 Å². The Labute approximate surface area is 70.8 Å². The van der Waals surface area contributed by atoms with Crippen LogP contribution < -0.4 is 5.73 Å². The zero-order valence-electron chi connectivity index (χ0n) is 6.71. The van der Waals surface area contributed by atoms with Crippen molar-refractivity contribution in [3.05, 3.63) is 23.6 Å². The summed E-state index contributed by atoms with van der Waals surface area (Å²) in [5.41, 5.74) is 6.42. The number of hydrogen-bond acceptors (Lipinski definition) is 4. The van der Waals surface area contributed by atoms with E-state index >= 15 is 0 Å². The van der Waals surface area contributed by atoms with E-state index in [9.17, 15) is 0 Å². The molecule has 4 nitrogen and oxygen atoms in total. The van der Waals surface area contributed by atoms with Crippen molar-refractivity contribution in [3.8, 4) is 0 Å². The van der Waals surface area contributed by atoms with E-state index in [0.29, 0.717) is 17.9 Å². The standard InChI is InChI=1S/C8H12N2O2/c9-6-1-2-8(7(10)5-6)12-4-3-11/h2,5,10-11H,1,3-4,9H2. The van der Waals surface area contributed by atoms with E-state index < -0.39 is 0 Å². The van der Waals surface area contributed by atoms with Crippen LogP contribution >= 0.6 is 0 Å². The highest BCUT2D eigenvalue weighted by Crippen LogP contribution is 2.11. The Balaban J connectivity index is 2.51. The van der Waals surface area contributed by atoms with Crippen LogP contribution in [0.4, 0.5) is 0 Å². The third-order valence-corrected chi connectivity index (χ3v) is 1.47. The molecule has 0 fully saturated rings. The molecule has 0 spiro atoms. The molecule has 1 aliphatic carbocycles. The molecular formula is C8H12N2O2. The molecule has 0 heterocycles. The normalized spacial score (nSPS) is 16.9. The van der Waals surface area contributed by atoms with Crippen LogP contribution in [0.15, 0.2) is 23.6 Å². The van der Waals surface area contributed by atoms with Gasteiger partial charge < -0.3 is 15.6 Å². The first-order valence-corrected chi connectivity index (χ1v) is 3.73. The average Bonchev–Trinajstić information content (AvgIpc) is 2.03. The van der Waals surface area contributed by atoms with Gasteiger partial charge in [-0.05, 0) is 12.2 Å². The lowest BCUT2D eigenvalue weighted by molar-refractivity contribution is 0.155. The molecule has 4 N–H and O–H groups in total. The van der Waals surface area contributed by atoms with Crippen molar-refractivity contribution in [2.45, 2.75) is 6.42 Å². The van der Waals surface area contributed by atoms with Crippen molar-refractivity contribution in [2.75, 3.05) is 13.2 Å². The first-order valence-electron chi connectivity index (χ1n) is 3.73. The molecule has 0 atom stereocenters. The van der Waals surface area contributed by atoms with Gasteiger partial charge in [0.05, 0.1) is 12.3 Å². The summed E-state index contributed by atoms with van der Waals surface area (Å²) in [4.78, 5) is 0. The molecule has 0 aromatic rings. The van der Waals surface area contributed by atoms with Crippen molar-refractivity contribution in [1.82, 2.24) is 0 Å².